The van der Waals surface area contributed by atoms with Gasteiger partial charge in [-0.3, -0.25) is 4.68 Å². The van der Waals surface area contributed by atoms with Gasteiger partial charge in [-0.05, 0) is 40.9 Å². The standard InChI is InChI=1S/C16H20Br2N2O2/c1-21-13-8-12(9-14(10-13)22-2)16-15(18)11-19-20(16)7-5-3-4-6-17/h8-11H,3-7H2,1-2H3. The summed E-state index contributed by atoms with van der Waals surface area (Å²) in [5.74, 6) is 1.54. The fourth-order valence-electron chi connectivity index (χ4n) is 2.30. The lowest BCUT2D eigenvalue weighted by Gasteiger charge is -2.11. The molecule has 22 heavy (non-hydrogen) atoms. The molecule has 2 rings (SSSR count). The number of nitrogens with zero attached hydrogens (tertiary/aromatic N) is 2. The average Bonchev–Trinajstić information content (AvgIpc) is 2.91. The molecular formula is C16H20Br2N2O2. The zero-order valence-electron chi connectivity index (χ0n) is 12.8. The Balaban J connectivity index is 2.29. The molecule has 0 N–H and O–H groups in total. The minimum Gasteiger partial charge on any atom is -0.497 e. The maximum Gasteiger partial charge on any atom is 0.123 e. The Morgan fingerprint density at radius 1 is 1.05 bits per heavy atom. The number of ether oxygens (including phenoxy) is 2. The lowest BCUT2D eigenvalue weighted by atomic mass is 10.1. The smallest absolute Gasteiger partial charge is 0.123 e. The molecular weight excluding hydrogens is 412 g/mol. The largest absolute Gasteiger partial charge is 0.497 e. The predicted molar refractivity (Wildman–Crippen MR) is 96.1 cm³/mol. The van der Waals surface area contributed by atoms with E-state index in [2.05, 4.69) is 37.0 Å². The molecule has 0 spiro atoms. The molecule has 6 heteroatoms. The third-order valence-electron chi connectivity index (χ3n) is 3.42. The van der Waals surface area contributed by atoms with Gasteiger partial charge in [-0.15, -0.1) is 0 Å². The Kier molecular flexibility index (Phi) is 6.76. The van der Waals surface area contributed by atoms with Crippen LogP contribution >= 0.6 is 31.9 Å². The Bertz CT molecular complexity index is 592. The molecule has 4 nitrogen and oxygen atoms in total. The summed E-state index contributed by atoms with van der Waals surface area (Å²) in [5.41, 5.74) is 2.08. The van der Waals surface area contributed by atoms with Gasteiger partial charge in [0.1, 0.15) is 11.5 Å². The maximum atomic E-state index is 5.36. The number of halogens is 2. The van der Waals surface area contributed by atoms with Gasteiger partial charge in [0.2, 0.25) is 0 Å². The molecule has 0 saturated carbocycles. The minimum atomic E-state index is 0.772. The van der Waals surface area contributed by atoms with Crippen LogP contribution in [0.3, 0.4) is 0 Å². The van der Waals surface area contributed by atoms with Crippen molar-refractivity contribution in [3.05, 3.63) is 28.9 Å². The molecule has 0 radical (unpaired) electrons. The van der Waals surface area contributed by atoms with Crippen LogP contribution in [0, 0.1) is 0 Å². The SMILES string of the molecule is COc1cc(OC)cc(-c2c(Br)cnn2CCCCCBr)c1. The topological polar surface area (TPSA) is 36.3 Å². The van der Waals surface area contributed by atoms with Crippen LogP contribution in [0.15, 0.2) is 28.9 Å². The van der Waals surface area contributed by atoms with Gasteiger partial charge < -0.3 is 9.47 Å². The van der Waals surface area contributed by atoms with Crippen molar-refractivity contribution in [3.8, 4) is 22.8 Å². The van der Waals surface area contributed by atoms with Crippen molar-refractivity contribution in [3.63, 3.8) is 0 Å². The molecule has 1 aromatic carbocycles. The monoisotopic (exact) mass is 430 g/mol. The minimum absolute atomic E-state index is 0.772. The van der Waals surface area contributed by atoms with Crippen LogP contribution in [0.2, 0.25) is 0 Å². The molecule has 0 aliphatic heterocycles. The fourth-order valence-corrected chi connectivity index (χ4v) is 3.22. The number of methoxy groups -OCH3 is 2. The van der Waals surface area contributed by atoms with E-state index < -0.39 is 0 Å². The van der Waals surface area contributed by atoms with E-state index in [1.807, 2.05) is 29.1 Å². The molecule has 0 amide bonds. The summed E-state index contributed by atoms with van der Waals surface area (Å²) in [5, 5.41) is 5.53. The Morgan fingerprint density at radius 2 is 1.73 bits per heavy atom. The number of hydrogen-bond donors (Lipinski definition) is 0. The number of aryl methyl sites for hydroxylation is 1. The number of alkyl halides is 1. The van der Waals surface area contributed by atoms with Gasteiger partial charge in [0.05, 0.1) is 30.6 Å². The van der Waals surface area contributed by atoms with E-state index in [9.17, 15) is 0 Å². The Hall–Kier alpha value is -1.01. The number of aromatic nitrogens is 2. The summed E-state index contributed by atoms with van der Waals surface area (Å²) in [6.07, 6.45) is 5.31. The number of unbranched alkanes of at least 4 members (excludes halogenated alkanes) is 2. The first kappa shape index (κ1) is 17.3. The summed E-state index contributed by atoms with van der Waals surface area (Å²) in [4.78, 5) is 0. The highest BCUT2D eigenvalue weighted by Gasteiger charge is 2.13. The van der Waals surface area contributed by atoms with Crippen LogP contribution in [0.25, 0.3) is 11.3 Å². The summed E-state index contributed by atoms with van der Waals surface area (Å²) < 4.78 is 13.7. The molecule has 1 heterocycles. The van der Waals surface area contributed by atoms with Crippen molar-refractivity contribution in [2.75, 3.05) is 19.5 Å². The van der Waals surface area contributed by atoms with E-state index in [4.69, 9.17) is 9.47 Å². The second-order valence-electron chi connectivity index (χ2n) is 4.92. The van der Waals surface area contributed by atoms with Crippen LogP contribution in [0.4, 0.5) is 0 Å². The van der Waals surface area contributed by atoms with Crippen molar-refractivity contribution in [1.29, 1.82) is 0 Å². The van der Waals surface area contributed by atoms with E-state index in [0.717, 1.165) is 45.5 Å². The van der Waals surface area contributed by atoms with Gasteiger partial charge in [-0.25, -0.2) is 0 Å². The van der Waals surface area contributed by atoms with Crippen molar-refractivity contribution in [2.45, 2.75) is 25.8 Å². The van der Waals surface area contributed by atoms with Crippen LogP contribution < -0.4 is 9.47 Å². The fraction of sp³-hybridized carbons (Fsp3) is 0.438. The second kappa shape index (κ2) is 8.58. The number of rotatable bonds is 8. The third kappa shape index (κ3) is 4.26. The van der Waals surface area contributed by atoms with E-state index in [1.54, 1.807) is 14.2 Å². The first-order valence-electron chi connectivity index (χ1n) is 7.20. The average molecular weight is 432 g/mol. The number of hydrogen-bond acceptors (Lipinski definition) is 3. The third-order valence-corrected chi connectivity index (χ3v) is 4.56. The van der Waals surface area contributed by atoms with Gasteiger partial charge >= 0.3 is 0 Å². The highest BCUT2D eigenvalue weighted by atomic mass is 79.9. The maximum absolute atomic E-state index is 5.36. The van der Waals surface area contributed by atoms with Crippen LogP contribution in [0.5, 0.6) is 11.5 Å². The summed E-state index contributed by atoms with van der Waals surface area (Å²) in [7, 11) is 3.32. The zero-order chi connectivity index (χ0) is 15.9. The van der Waals surface area contributed by atoms with Crippen LogP contribution in [-0.4, -0.2) is 29.3 Å². The predicted octanol–water partition coefficient (Wildman–Crippen LogP) is 4.90. The van der Waals surface area contributed by atoms with Crippen molar-refractivity contribution >= 4 is 31.9 Å². The molecule has 120 valence electrons. The molecule has 2 aromatic rings. The molecule has 0 aliphatic rings. The van der Waals surface area contributed by atoms with Crippen molar-refractivity contribution < 1.29 is 9.47 Å². The van der Waals surface area contributed by atoms with Crippen LogP contribution in [0.1, 0.15) is 19.3 Å². The lowest BCUT2D eigenvalue weighted by Crippen LogP contribution is -2.03. The molecule has 1 aromatic heterocycles. The van der Waals surface area contributed by atoms with Crippen molar-refractivity contribution in [2.24, 2.45) is 0 Å². The van der Waals surface area contributed by atoms with Crippen molar-refractivity contribution in [1.82, 2.24) is 9.78 Å². The second-order valence-corrected chi connectivity index (χ2v) is 6.56. The number of benzene rings is 1. The Morgan fingerprint density at radius 3 is 2.32 bits per heavy atom. The van der Waals surface area contributed by atoms with Gasteiger partial charge in [0, 0.05) is 23.5 Å². The first-order valence-corrected chi connectivity index (χ1v) is 9.11. The van der Waals surface area contributed by atoms with Gasteiger partial charge in [-0.1, -0.05) is 22.4 Å². The molecule has 0 unspecified atom stereocenters. The highest BCUT2D eigenvalue weighted by Crippen LogP contribution is 2.34. The molecule has 0 bridgehead atoms. The zero-order valence-corrected chi connectivity index (χ0v) is 16.0. The van der Waals surface area contributed by atoms with E-state index >= 15 is 0 Å². The highest BCUT2D eigenvalue weighted by molar-refractivity contribution is 9.10. The molecule has 0 atom stereocenters. The van der Waals surface area contributed by atoms with E-state index in [-0.39, 0.29) is 0 Å². The summed E-state index contributed by atoms with van der Waals surface area (Å²) in [6, 6.07) is 5.87. The lowest BCUT2D eigenvalue weighted by molar-refractivity contribution is 0.394. The van der Waals surface area contributed by atoms with Gasteiger partial charge in [0.15, 0.2) is 0 Å². The van der Waals surface area contributed by atoms with E-state index in [1.165, 1.54) is 12.8 Å². The molecule has 0 fully saturated rings. The Labute approximate surface area is 148 Å². The summed E-state index contributed by atoms with van der Waals surface area (Å²) in [6.45, 7) is 0.896. The van der Waals surface area contributed by atoms with Gasteiger partial charge in [-0.2, -0.15) is 5.10 Å². The molecule has 0 saturated heterocycles. The van der Waals surface area contributed by atoms with E-state index in [0.29, 0.717) is 0 Å². The quantitative estimate of drug-likeness (QED) is 0.440. The normalized spacial score (nSPS) is 10.7. The van der Waals surface area contributed by atoms with Crippen LogP contribution in [-0.2, 0) is 6.54 Å². The van der Waals surface area contributed by atoms with Gasteiger partial charge in [0.25, 0.3) is 0 Å². The molecule has 0 aliphatic carbocycles. The first-order chi connectivity index (χ1) is 10.7. The summed E-state index contributed by atoms with van der Waals surface area (Å²) >= 11 is 7.06.